The lowest BCUT2D eigenvalue weighted by molar-refractivity contribution is 0.0361. The lowest BCUT2D eigenvalue weighted by Crippen LogP contribution is -2.42. The Kier molecular flexibility index (Phi) is 2.54. The Bertz CT molecular complexity index is 480. The van der Waals surface area contributed by atoms with Gasteiger partial charge in [0.05, 0.1) is 12.6 Å². The number of thioether (sulfide) groups is 1. The number of halogens is 1. The van der Waals surface area contributed by atoms with E-state index in [2.05, 4.69) is 28.7 Å². The highest BCUT2D eigenvalue weighted by Gasteiger charge is 2.47. The minimum Gasteiger partial charge on any atom is -0.354 e. The van der Waals surface area contributed by atoms with Crippen molar-refractivity contribution in [3.63, 3.8) is 0 Å². The van der Waals surface area contributed by atoms with Crippen molar-refractivity contribution in [2.75, 3.05) is 17.8 Å². The number of hydrogen-bond donors (Lipinski definition) is 0. The molecule has 0 aliphatic carbocycles. The first kappa shape index (κ1) is 11.6. The zero-order chi connectivity index (χ0) is 12.2. The molecule has 1 saturated heterocycles. The standard InChI is InChI=1S/C11H14ClN3OS/c1-11(2)15-6(5-16-11)4-7-8(12)13-10(17-3)14-9(7)15/h6H,4-5H2,1-3H3/t6-/m1/s1. The van der Waals surface area contributed by atoms with E-state index >= 15 is 0 Å². The van der Waals surface area contributed by atoms with Gasteiger partial charge in [0.2, 0.25) is 0 Å². The van der Waals surface area contributed by atoms with Crippen molar-refractivity contribution in [1.29, 1.82) is 0 Å². The molecule has 0 N–H and O–H groups in total. The number of ether oxygens (including phenoxy) is 1. The summed E-state index contributed by atoms with van der Waals surface area (Å²) in [6.07, 6.45) is 2.84. The number of hydrogen-bond acceptors (Lipinski definition) is 5. The fourth-order valence-electron chi connectivity index (χ4n) is 2.59. The molecular formula is C11H14ClN3OS. The maximum absolute atomic E-state index is 6.23. The van der Waals surface area contributed by atoms with Crippen LogP contribution in [0.3, 0.4) is 0 Å². The molecule has 17 heavy (non-hydrogen) atoms. The molecule has 1 aromatic rings. The average Bonchev–Trinajstić information content (AvgIpc) is 2.78. The number of nitrogens with zero attached hydrogens (tertiary/aromatic N) is 3. The van der Waals surface area contributed by atoms with Gasteiger partial charge < -0.3 is 9.64 Å². The second-order valence-electron chi connectivity index (χ2n) is 4.79. The molecule has 2 aliphatic heterocycles. The minimum absolute atomic E-state index is 0.302. The van der Waals surface area contributed by atoms with E-state index in [0.717, 1.165) is 29.6 Å². The summed E-state index contributed by atoms with van der Waals surface area (Å²) in [6.45, 7) is 4.86. The van der Waals surface area contributed by atoms with Crippen LogP contribution in [0.15, 0.2) is 5.16 Å². The molecule has 3 heterocycles. The summed E-state index contributed by atoms with van der Waals surface area (Å²) in [6, 6.07) is 0.351. The predicted molar refractivity (Wildman–Crippen MR) is 68.8 cm³/mol. The van der Waals surface area contributed by atoms with E-state index in [4.69, 9.17) is 16.3 Å². The highest BCUT2D eigenvalue weighted by Crippen LogP contribution is 2.43. The van der Waals surface area contributed by atoms with E-state index in [-0.39, 0.29) is 5.72 Å². The van der Waals surface area contributed by atoms with E-state index in [9.17, 15) is 0 Å². The zero-order valence-electron chi connectivity index (χ0n) is 10.0. The third kappa shape index (κ3) is 1.63. The maximum atomic E-state index is 6.23. The van der Waals surface area contributed by atoms with Crippen LogP contribution in [-0.4, -0.2) is 34.6 Å². The summed E-state index contributed by atoms with van der Waals surface area (Å²) in [5.74, 6) is 0.946. The Hall–Kier alpha value is -0.520. The molecule has 0 spiro atoms. The topological polar surface area (TPSA) is 38.2 Å². The van der Waals surface area contributed by atoms with Crippen molar-refractivity contribution >= 4 is 29.2 Å². The average molecular weight is 272 g/mol. The Balaban J connectivity index is 2.13. The molecule has 1 aromatic heterocycles. The molecule has 4 nitrogen and oxygen atoms in total. The summed E-state index contributed by atoms with van der Waals surface area (Å²) in [5.41, 5.74) is 0.759. The maximum Gasteiger partial charge on any atom is 0.190 e. The van der Waals surface area contributed by atoms with Crippen LogP contribution in [0.5, 0.6) is 0 Å². The molecule has 0 bridgehead atoms. The van der Waals surface area contributed by atoms with Crippen molar-refractivity contribution in [3.05, 3.63) is 10.7 Å². The molecule has 6 heteroatoms. The van der Waals surface area contributed by atoms with Gasteiger partial charge in [0.15, 0.2) is 5.16 Å². The van der Waals surface area contributed by atoms with Crippen LogP contribution in [-0.2, 0) is 11.2 Å². The van der Waals surface area contributed by atoms with E-state index in [1.54, 1.807) is 0 Å². The van der Waals surface area contributed by atoms with Gasteiger partial charge in [-0.1, -0.05) is 23.4 Å². The summed E-state index contributed by atoms with van der Waals surface area (Å²) in [4.78, 5) is 11.1. The molecule has 1 fully saturated rings. The summed E-state index contributed by atoms with van der Waals surface area (Å²) in [7, 11) is 0. The third-order valence-electron chi connectivity index (χ3n) is 3.34. The van der Waals surface area contributed by atoms with Crippen LogP contribution < -0.4 is 4.90 Å². The Morgan fingerprint density at radius 2 is 2.24 bits per heavy atom. The van der Waals surface area contributed by atoms with Crippen LogP contribution in [0.1, 0.15) is 19.4 Å². The quantitative estimate of drug-likeness (QED) is 0.445. The third-order valence-corrected chi connectivity index (χ3v) is 4.20. The van der Waals surface area contributed by atoms with E-state index in [1.807, 2.05) is 6.26 Å². The van der Waals surface area contributed by atoms with Gasteiger partial charge in [-0.3, -0.25) is 0 Å². The van der Waals surface area contributed by atoms with Crippen molar-refractivity contribution < 1.29 is 4.74 Å². The second kappa shape index (κ2) is 3.73. The predicted octanol–water partition coefficient (Wildman–Crippen LogP) is 2.35. The Labute approximate surface area is 110 Å². The molecule has 2 aliphatic rings. The van der Waals surface area contributed by atoms with Gasteiger partial charge in [-0.05, 0) is 20.1 Å². The first-order valence-corrected chi connectivity index (χ1v) is 7.17. The van der Waals surface area contributed by atoms with Crippen LogP contribution >= 0.6 is 23.4 Å². The van der Waals surface area contributed by atoms with Gasteiger partial charge in [0.1, 0.15) is 16.7 Å². The SMILES string of the molecule is CSc1nc(Cl)c2c(n1)N1[C@@H](COC1(C)C)C2. The highest BCUT2D eigenvalue weighted by molar-refractivity contribution is 7.98. The highest BCUT2D eigenvalue weighted by atomic mass is 35.5. The Morgan fingerprint density at radius 3 is 2.94 bits per heavy atom. The minimum atomic E-state index is -0.302. The van der Waals surface area contributed by atoms with Crippen LogP contribution in [0, 0.1) is 0 Å². The number of rotatable bonds is 1. The van der Waals surface area contributed by atoms with Crippen LogP contribution in [0.25, 0.3) is 0 Å². The van der Waals surface area contributed by atoms with Gasteiger partial charge in [-0.15, -0.1) is 0 Å². The van der Waals surface area contributed by atoms with Crippen molar-refractivity contribution in [3.8, 4) is 0 Å². The number of aromatic nitrogens is 2. The molecule has 0 saturated carbocycles. The molecule has 0 radical (unpaired) electrons. The number of fused-ring (bicyclic) bond motifs is 3. The second-order valence-corrected chi connectivity index (χ2v) is 5.92. The monoisotopic (exact) mass is 271 g/mol. The first-order valence-electron chi connectivity index (χ1n) is 5.56. The lowest BCUT2D eigenvalue weighted by atomic mass is 10.2. The molecule has 0 unspecified atom stereocenters. The molecule has 92 valence electrons. The van der Waals surface area contributed by atoms with Crippen molar-refractivity contribution in [1.82, 2.24) is 9.97 Å². The van der Waals surface area contributed by atoms with E-state index in [0.29, 0.717) is 11.2 Å². The summed E-state index contributed by atoms with van der Waals surface area (Å²) >= 11 is 7.74. The smallest absolute Gasteiger partial charge is 0.190 e. The fraction of sp³-hybridized carbons (Fsp3) is 0.636. The van der Waals surface area contributed by atoms with Crippen molar-refractivity contribution in [2.45, 2.75) is 37.2 Å². The molecule has 0 aromatic carbocycles. The number of anilines is 1. The van der Waals surface area contributed by atoms with Crippen molar-refractivity contribution in [2.24, 2.45) is 0 Å². The molecular weight excluding hydrogens is 258 g/mol. The van der Waals surface area contributed by atoms with Gasteiger partial charge in [-0.25, -0.2) is 9.97 Å². The van der Waals surface area contributed by atoms with Gasteiger partial charge in [0.25, 0.3) is 0 Å². The van der Waals surface area contributed by atoms with Gasteiger partial charge in [-0.2, -0.15) is 0 Å². The van der Waals surface area contributed by atoms with Gasteiger partial charge in [0, 0.05) is 12.0 Å². The normalized spacial score (nSPS) is 24.9. The first-order chi connectivity index (χ1) is 8.03. The fourth-order valence-corrected chi connectivity index (χ4v) is 3.24. The summed E-state index contributed by atoms with van der Waals surface area (Å²) in [5, 5.41) is 1.31. The van der Waals surface area contributed by atoms with Gasteiger partial charge >= 0.3 is 0 Å². The molecule has 0 amide bonds. The Morgan fingerprint density at radius 1 is 1.47 bits per heavy atom. The van der Waals surface area contributed by atoms with Crippen LogP contribution in [0.2, 0.25) is 5.15 Å². The zero-order valence-corrected chi connectivity index (χ0v) is 11.6. The van der Waals surface area contributed by atoms with E-state index in [1.165, 1.54) is 11.8 Å². The molecule has 3 rings (SSSR count). The lowest BCUT2D eigenvalue weighted by Gasteiger charge is -2.31. The van der Waals surface area contributed by atoms with Crippen LogP contribution in [0.4, 0.5) is 5.82 Å². The summed E-state index contributed by atoms with van der Waals surface area (Å²) < 4.78 is 5.79. The largest absolute Gasteiger partial charge is 0.354 e. The van der Waals surface area contributed by atoms with E-state index < -0.39 is 0 Å². The molecule has 1 atom stereocenters.